The number of anilines is 2. The van der Waals surface area contributed by atoms with E-state index in [1.165, 1.54) is 43.0 Å². The highest BCUT2D eigenvalue weighted by Gasteiger charge is 2.37. The second kappa shape index (κ2) is 15.1. The van der Waals surface area contributed by atoms with Crippen molar-refractivity contribution in [1.82, 2.24) is 14.8 Å². The molecule has 3 aromatic rings. The Morgan fingerprint density at radius 1 is 1.00 bits per heavy atom. The van der Waals surface area contributed by atoms with Crippen LogP contribution in [0.1, 0.15) is 70.6 Å². The van der Waals surface area contributed by atoms with Crippen molar-refractivity contribution in [3.8, 4) is 5.75 Å². The van der Waals surface area contributed by atoms with Crippen LogP contribution in [0.15, 0.2) is 41.3 Å². The third kappa shape index (κ3) is 10.1. The number of carbonyl (C=O) groups is 3. The van der Waals surface area contributed by atoms with Crippen LogP contribution in [0.25, 0.3) is 0 Å². The largest absolute Gasteiger partial charge is 0.482 e. The molecule has 2 heterocycles. The zero-order chi connectivity index (χ0) is 35.3. The normalized spacial score (nSPS) is 12.2. The van der Waals surface area contributed by atoms with Crippen molar-refractivity contribution < 1.29 is 37.7 Å². The smallest absolute Gasteiger partial charge is 0.425 e. The van der Waals surface area contributed by atoms with E-state index in [0.717, 1.165) is 12.1 Å². The highest BCUT2D eigenvalue weighted by atomic mass is 35.5. The van der Waals surface area contributed by atoms with E-state index in [9.17, 15) is 23.6 Å². The van der Waals surface area contributed by atoms with Gasteiger partial charge in [-0.05, 0) is 66.7 Å². The van der Waals surface area contributed by atoms with Crippen LogP contribution in [0.4, 0.5) is 25.5 Å². The number of carbonyl (C=O) groups excluding carboxylic acids is 3. The number of nitrogens with one attached hydrogen (secondary N) is 1. The molecule has 3 rings (SSSR count). The van der Waals surface area contributed by atoms with Gasteiger partial charge in [0.15, 0.2) is 11.4 Å². The standard InChI is InChI=1S/C31H36Cl2FN5O8/c1-17(24-19(32)10-11-20(34)25(24)33)45-22-15-21(27(41)35-18-9-12-23(40)38(16-18)13-14-44-8)36-37-26(22)39(28(42)46-30(2,3)4)29(43)47-31(5,6)7/h9-12,15-17H,13-14H2,1-8H3,(H,35,41). The summed E-state index contributed by atoms with van der Waals surface area (Å²) in [4.78, 5) is 52.8. The number of ether oxygens (including phenoxy) is 4. The molecule has 0 saturated carbocycles. The van der Waals surface area contributed by atoms with Gasteiger partial charge in [-0.25, -0.2) is 14.0 Å². The Hall–Kier alpha value is -4.27. The number of amides is 3. The van der Waals surface area contributed by atoms with Crippen LogP contribution < -0.4 is 20.5 Å². The molecular formula is C31H36Cl2FN5O8. The number of pyridine rings is 1. The summed E-state index contributed by atoms with van der Waals surface area (Å²) in [5, 5.41) is 10.3. The Kier molecular flexibility index (Phi) is 11.9. The van der Waals surface area contributed by atoms with E-state index in [0.29, 0.717) is 4.90 Å². The lowest BCUT2D eigenvalue weighted by molar-refractivity contribution is 0.0425. The number of nitrogens with zero attached hydrogens (tertiary/aromatic N) is 4. The molecule has 13 nitrogen and oxygen atoms in total. The molecule has 3 amide bonds. The maximum atomic E-state index is 14.4. The van der Waals surface area contributed by atoms with Crippen molar-refractivity contribution in [1.29, 1.82) is 0 Å². The molecular weight excluding hydrogens is 660 g/mol. The van der Waals surface area contributed by atoms with Crippen molar-refractivity contribution in [3.05, 3.63) is 74.0 Å². The Morgan fingerprint density at radius 2 is 1.62 bits per heavy atom. The van der Waals surface area contributed by atoms with Gasteiger partial charge >= 0.3 is 12.2 Å². The molecule has 254 valence electrons. The van der Waals surface area contributed by atoms with E-state index in [-0.39, 0.29) is 51.5 Å². The second-order valence-corrected chi connectivity index (χ2v) is 12.9. The van der Waals surface area contributed by atoms with Crippen LogP contribution in [0.3, 0.4) is 0 Å². The average molecular weight is 697 g/mol. The van der Waals surface area contributed by atoms with Crippen molar-refractivity contribution in [2.75, 3.05) is 23.9 Å². The van der Waals surface area contributed by atoms with Crippen molar-refractivity contribution >= 4 is 52.8 Å². The molecule has 0 aliphatic carbocycles. The van der Waals surface area contributed by atoms with E-state index < -0.39 is 47.0 Å². The number of methoxy groups -OCH3 is 1. The van der Waals surface area contributed by atoms with Crippen molar-refractivity contribution in [3.63, 3.8) is 0 Å². The summed E-state index contributed by atoms with van der Waals surface area (Å²) >= 11 is 12.5. The third-order valence-electron chi connectivity index (χ3n) is 5.90. The van der Waals surface area contributed by atoms with Gasteiger partial charge in [-0.2, -0.15) is 4.90 Å². The fourth-order valence-corrected chi connectivity index (χ4v) is 4.59. The molecule has 1 N–H and O–H groups in total. The lowest BCUT2D eigenvalue weighted by Gasteiger charge is -2.29. The Balaban J connectivity index is 2.15. The first kappa shape index (κ1) is 37.2. The van der Waals surface area contributed by atoms with Crippen molar-refractivity contribution in [2.45, 2.75) is 72.3 Å². The first-order valence-corrected chi connectivity index (χ1v) is 15.0. The maximum absolute atomic E-state index is 14.4. The Labute approximate surface area is 280 Å². The van der Waals surface area contributed by atoms with Gasteiger partial charge in [-0.3, -0.25) is 9.59 Å². The van der Waals surface area contributed by atoms with Gasteiger partial charge in [0.25, 0.3) is 11.5 Å². The topological polar surface area (TPSA) is 151 Å². The molecule has 0 saturated heterocycles. The molecule has 1 unspecified atom stereocenters. The molecule has 0 aliphatic rings. The lowest BCUT2D eigenvalue weighted by Crippen LogP contribution is -2.44. The van der Waals surface area contributed by atoms with E-state index in [1.54, 1.807) is 41.5 Å². The Morgan fingerprint density at radius 3 is 2.19 bits per heavy atom. The molecule has 1 aromatic carbocycles. The molecule has 16 heteroatoms. The van der Waals surface area contributed by atoms with Crippen LogP contribution >= 0.6 is 23.2 Å². The monoisotopic (exact) mass is 695 g/mol. The van der Waals surface area contributed by atoms with Gasteiger partial charge in [0.1, 0.15) is 23.1 Å². The molecule has 2 aromatic heterocycles. The average Bonchev–Trinajstić information content (AvgIpc) is 2.94. The van der Waals surface area contributed by atoms with E-state index in [1.807, 2.05) is 0 Å². The number of hydrogen-bond donors (Lipinski definition) is 1. The number of benzene rings is 1. The fraction of sp³-hybridized carbons (Fsp3) is 0.419. The van der Waals surface area contributed by atoms with Crippen LogP contribution in [-0.4, -0.2) is 57.8 Å². The molecule has 0 aliphatic heterocycles. The Bertz CT molecular complexity index is 1680. The first-order valence-electron chi connectivity index (χ1n) is 14.3. The number of aromatic nitrogens is 3. The molecule has 47 heavy (non-hydrogen) atoms. The minimum absolute atomic E-state index is 0.0431. The quantitative estimate of drug-likeness (QED) is 0.237. The lowest BCUT2D eigenvalue weighted by atomic mass is 10.1. The van der Waals surface area contributed by atoms with E-state index >= 15 is 0 Å². The fourth-order valence-electron chi connectivity index (χ4n) is 3.91. The second-order valence-electron chi connectivity index (χ2n) is 12.1. The van der Waals surface area contributed by atoms with Crippen LogP contribution in [0.5, 0.6) is 5.75 Å². The summed E-state index contributed by atoms with van der Waals surface area (Å²) in [5.74, 6) is -2.41. The van der Waals surface area contributed by atoms with Gasteiger partial charge < -0.3 is 28.8 Å². The molecule has 0 bridgehead atoms. The van der Waals surface area contributed by atoms with Crippen LogP contribution in [-0.2, 0) is 20.8 Å². The highest BCUT2D eigenvalue weighted by molar-refractivity contribution is 6.36. The molecule has 0 spiro atoms. The predicted molar refractivity (Wildman–Crippen MR) is 173 cm³/mol. The zero-order valence-electron chi connectivity index (χ0n) is 27.1. The maximum Gasteiger partial charge on any atom is 0.425 e. The predicted octanol–water partition coefficient (Wildman–Crippen LogP) is 6.80. The van der Waals surface area contributed by atoms with Gasteiger partial charge in [0, 0.05) is 42.6 Å². The SMILES string of the molecule is COCCn1cc(NC(=O)c2cc(OC(C)c3c(Cl)ccc(F)c3Cl)c(N(C(=O)OC(C)(C)C)C(=O)OC(C)(C)C)nn2)ccc1=O. The number of hydrogen-bond acceptors (Lipinski definition) is 10. The number of halogens is 3. The summed E-state index contributed by atoms with van der Waals surface area (Å²) < 4.78 is 37.7. The number of imide groups is 1. The summed E-state index contributed by atoms with van der Waals surface area (Å²) in [6.45, 7) is 11.5. The van der Waals surface area contributed by atoms with E-state index in [4.69, 9.17) is 42.1 Å². The summed E-state index contributed by atoms with van der Waals surface area (Å²) in [5.41, 5.74) is -2.46. The van der Waals surface area contributed by atoms with Gasteiger partial charge in [0.05, 0.1) is 17.3 Å². The molecule has 0 fully saturated rings. The molecule has 0 radical (unpaired) electrons. The van der Waals surface area contributed by atoms with Gasteiger partial charge in [-0.1, -0.05) is 23.2 Å². The summed E-state index contributed by atoms with van der Waals surface area (Å²) in [6.07, 6.45) is -2.07. The van der Waals surface area contributed by atoms with Crippen LogP contribution in [0.2, 0.25) is 10.0 Å². The van der Waals surface area contributed by atoms with Gasteiger partial charge in [-0.15, -0.1) is 10.2 Å². The highest BCUT2D eigenvalue weighted by Crippen LogP contribution is 2.38. The van der Waals surface area contributed by atoms with Crippen molar-refractivity contribution in [2.24, 2.45) is 0 Å². The number of rotatable bonds is 9. The van der Waals surface area contributed by atoms with E-state index in [2.05, 4.69) is 15.5 Å². The third-order valence-corrected chi connectivity index (χ3v) is 6.62. The van der Waals surface area contributed by atoms with Gasteiger partial charge in [0.2, 0.25) is 5.82 Å². The zero-order valence-corrected chi connectivity index (χ0v) is 28.7. The summed E-state index contributed by atoms with van der Waals surface area (Å²) in [6, 6.07) is 6.13. The summed E-state index contributed by atoms with van der Waals surface area (Å²) in [7, 11) is 1.49. The minimum Gasteiger partial charge on any atom is -0.482 e. The first-order chi connectivity index (χ1) is 21.8. The molecule has 1 atom stereocenters. The minimum atomic E-state index is -1.18. The van der Waals surface area contributed by atoms with Crippen LogP contribution in [0, 0.1) is 5.82 Å².